The van der Waals surface area contributed by atoms with Crippen LogP contribution in [0.25, 0.3) is 0 Å². The van der Waals surface area contributed by atoms with Crippen LogP contribution in [-0.4, -0.2) is 23.2 Å². The molecule has 0 bridgehead atoms. The van der Waals surface area contributed by atoms with Crippen LogP contribution < -0.4 is 0 Å². The Hall–Kier alpha value is -1.79. The number of hydrogen-bond donors (Lipinski definition) is 1. The monoisotopic (exact) mass is 217 g/mol. The topological polar surface area (TPSA) is 40.5 Å². The third-order valence-electron chi connectivity index (χ3n) is 2.12. The van der Waals surface area contributed by atoms with Crippen molar-refractivity contribution < 1.29 is 10.0 Å². The summed E-state index contributed by atoms with van der Waals surface area (Å²) in [4.78, 5) is 11.6. The number of hydroxylamine groups is 2. The molecule has 0 saturated heterocycles. The van der Waals surface area contributed by atoms with Gasteiger partial charge in [0.2, 0.25) is 0 Å². The second-order valence-corrected chi connectivity index (χ2v) is 4.07. The highest BCUT2D eigenvalue weighted by Gasteiger charge is 2.27. The van der Waals surface area contributed by atoms with E-state index in [2.05, 4.69) is 11.8 Å². The Kier molecular flexibility index (Phi) is 3.70. The average molecular weight is 217 g/mol. The lowest BCUT2D eigenvalue weighted by atomic mass is 9.92. The first-order valence-electron chi connectivity index (χ1n) is 4.99. The van der Waals surface area contributed by atoms with Gasteiger partial charge in [0.05, 0.1) is 0 Å². The summed E-state index contributed by atoms with van der Waals surface area (Å²) in [5.74, 6) is 5.35. The Labute approximate surface area is 95.7 Å². The van der Waals surface area contributed by atoms with Crippen molar-refractivity contribution in [3.63, 3.8) is 0 Å². The van der Waals surface area contributed by atoms with Crippen LogP contribution in [0, 0.1) is 17.3 Å². The van der Waals surface area contributed by atoms with E-state index in [-0.39, 0.29) is 0 Å². The standard InChI is InChI=1S/C13H15NO2/c1-13(2,12(15)14(3)16)10-9-11-7-5-4-6-8-11/h4-8,16H,1-3H3. The molecule has 0 fully saturated rings. The highest BCUT2D eigenvalue weighted by atomic mass is 16.5. The van der Waals surface area contributed by atoms with Crippen molar-refractivity contribution in [3.8, 4) is 11.8 Å². The molecule has 3 heteroatoms. The van der Waals surface area contributed by atoms with Crippen molar-refractivity contribution in [2.24, 2.45) is 5.41 Å². The third kappa shape index (κ3) is 3.11. The van der Waals surface area contributed by atoms with Crippen LogP contribution in [0.4, 0.5) is 0 Å². The van der Waals surface area contributed by atoms with Crippen LogP contribution in [-0.2, 0) is 4.79 Å². The van der Waals surface area contributed by atoms with E-state index < -0.39 is 11.3 Å². The van der Waals surface area contributed by atoms with E-state index in [9.17, 15) is 4.79 Å². The molecule has 0 saturated carbocycles. The summed E-state index contributed by atoms with van der Waals surface area (Å²) in [7, 11) is 1.30. The molecule has 0 radical (unpaired) electrons. The quantitative estimate of drug-likeness (QED) is 0.443. The molecule has 0 atom stereocenters. The zero-order chi connectivity index (χ0) is 12.2. The molecule has 0 heterocycles. The van der Waals surface area contributed by atoms with Crippen LogP contribution in [0.1, 0.15) is 19.4 Å². The second kappa shape index (κ2) is 4.82. The van der Waals surface area contributed by atoms with Gasteiger partial charge in [-0.2, -0.15) is 0 Å². The molecular formula is C13H15NO2. The van der Waals surface area contributed by atoms with Gasteiger partial charge in [-0.05, 0) is 26.0 Å². The molecule has 0 aliphatic heterocycles. The van der Waals surface area contributed by atoms with Gasteiger partial charge in [0, 0.05) is 12.6 Å². The fourth-order valence-electron chi connectivity index (χ4n) is 1.21. The number of amides is 1. The van der Waals surface area contributed by atoms with Crippen molar-refractivity contribution in [1.82, 2.24) is 5.06 Å². The molecule has 0 aliphatic carbocycles. The van der Waals surface area contributed by atoms with Crippen molar-refractivity contribution in [2.75, 3.05) is 7.05 Å². The molecular weight excluding hydrogens is 202 g/mol. The van der Waals surface area contributed by atoms with E-state index in [0.717, 1.165) is 5.56 Å². The lowest BCUT2D eigenvalue weighted by Crippen LogP contribution is -2.35. The van der Waals surface area contributed by atoms with E-state index in [1.807, 2.05) is 30.3 Å². The van der Waals surface area contributed by atoms with Crippen LogP contribution in [0.15, 0.2) is 30.3 Å². The Morgan fingerprint density at radius 3 is 2.38 bits per heavy atom. The number of rotatable bonds is 1. The minimum absolute atomic E-state index is 0.420. The second-order valence-electron chi connectivity index (χ2n) is 4.07. The number of benzene rings is 1. The molecule has 1 rings (SSSR count). The fourth-order valence-corrected chi connectivity index (χ4v) is 1.21. The van der Waals surface area contributed by atoms with Gasteiger partial charge in [0.25, 0.3) is 5.91 Å². The summed E-state index contributed by atoms with van der Waals surface area (Å²) in [6, 6.07) is 9.42. The maximum Gasteiger partial charge on any atom is 0.263 e. The first kappa shape index (κ1) is 12.3. The molecule has 0 aromatic heterocycles. The van der Waals surface area contributed by atoms with E-state index in [1.165, 1.54) is 7.05 Å². The summed E-state index contributed by atoms with van der Waals surface area (Å²) in [5.41, 5.74) is -0.0386. The van der Waals surface area contributed by atoms with Crippen LogP contribution >= 0.6 is 0 Å². The van der Waals surface area contributed by atoms with Crippen molar-refractivity contribution in [1.29, 1.82) is 0 Å². The lowest BCUT2D eigenvalue weighted by molar-refractivity contribution is -0.166. The van der Waals surface area contributed by atoms with Crippen LogP contribution in [0.3, 0.4) is 0 Å². The summed E-state index contributed by atoms with van der Waals surface area (Å²) in [6.07, 6.45) is 0. The first-order chi connectivity index (χ1) is 7.43. The first-order valence-corrected chi connectivity index (χ1v) is 4.99. The van der Waals surface area contributed by atoms with Gasteiger partial charge < -0.3 is 0 Å². The molecule has 16 heavy (non-hydrogen) atoms. The molecule has 1 amide bonds. The van der Waals surface area contributed by atoms with Crippen molar-refractivity contribution >= 4 is 5.91 Å². The Morgan fingerprint density at radius 1 is 1.31 bits per heavy atom. The van der Waals surface area contributed by atoms with Gasteiger partial charge in [-0.3, -0.25) is 10.0 Å². The Balaban J connectivity index is 2.89. The minimum Gasteiger partial charge on any atom is -0.286 e. The Morgan fingerprint density at radius 2 is 1.88 bits per heavy atom. The molecule has 84 valence electrons. The molecule has 3 nitrogen and oxygen atoms in total. The molecule has 0 spiro atoms. The summed E-state index contributed by atoms with van der Waals surface area (Å²) in [6.45, 7) is 3.36. The van der Waals surface area contributed by atoms with Crippen LogP contribution in [0.2, 0.25) is 0 Å². The summed E-state index contributed by atoms with van der Waals surface area (Å²) < 4.78 is 0. The minimum atomic E-state index is -0.890. The smallest absolute Gasteiger partial charge is 0.263 e. The summed E-state index contributed by atoms with van der Waals surface area (Å²) in [5, 5.41) is 9.64. The Bertz CT molecular complexity index is 424. The molecule has 1 aromatic carbocycles. The summed E-state index contributed by atoms with van der Waals surface area (Å²) >= 11 is 0. The van der Waals surface area contributed by atoms with Crippen molar-refractivity contribution in [2.45, 2.75) is 13.8 Å². The molecule has 1 N–H and O–H groups in total. The number of carbonyl (C=O) groups is 1. The SMILES string of the molecule is CN(O)C(=O)C(C)(C)C#Cc1ccccc1. The van der Waals surface area contributed by atoms with Gasteiger partial charge in [-0.1, -0.05) is 30.0 Å². The normalized spacial score (nSPS) is 10.2. The number of hydrogen-bond acceptors (Lipinski definition) is 2. The molecule has 0 aliphatic rings. The van der Waals surface area contributed by atoms with Gasteiger partial charge >= 0.3 is 0 Å². The van der Waals surface area contributed by atoms with E-state index in [4.69, 9.17) is 5.21 Å². The molecule has 0 unspecified atom stereocenters. The maximum absolute atomic E-state index is 11.6. The zero-order valence-electron chi connectivity index (χ0n) is 9.69. The zero-order valence-corrected chi connectivity index (χ0v) is 9.69. The van der Waals surface area contributed by atoms with Gasteiger partial charge in [0.15, 0.2) is 0 Å². The highest BCUT2D eigenvalue weighted by molar-refractivity contribution is 5.84. The van der Waals surface area contributed by atoms with Crippen LogP contribution in [0.5, 0.6) is 0 Å². The van der Waals surface area contributed by atoms with E-state index >= 15 is 0 Å². The fraction of sp³-hybridized carbons (Fsp3) is 0.308. The van der Waals surface area contributed by atoms with E-state index in [1.54, 1.807) is 13.8 Å². The third-order valence-corrected chi connectivity index (χ3v) is 2.12. The maximum atomic E-state index is 11.6. The molecule has 1 aromatic rings. The van der Waals surface area contributed by atoms with Gasteiger partial charge in [-0.15, -0.1) is 0 Å². The number of carbonyl (C=O) groups excluding carboxylic acids is 1. The predicted molar refractivity (Wildman–Crippen MR) is 61.7 cm³/mol. The van der Waals surface area contributed by atoms with Gasteiger partial charge in [0.1, 0.15) is 5.41 Å². The highest BCUT2D eigenvalue weighted by Crippen LogP contribution is 2.16. The average Bonchev–Trinajstić information content (AvgIpc) is 2.27. The van der Waals surface area contributed by atoms with Crippen molar-refractivity contribution in [3.05, 3.63) is 35.9 Å². The number of nitrogens with zero attached hydrogens (tertiary/aromatic N) is 1. The van der Waals surface area contributed by atoms with E-state index in [0.29, 0.717) is 5.06 Å². The largest absolute Gasteiger partial charge is 0.286 e. The lowest BCUT2D eigenvalue weighted by Gasteiger charge is -2.19. The predicted octanol–water partition coefficient (Wildman–Crippen LogP) is 1.91. The van der Waals surface area contributed by atoms with Gasteiger partial charge in [-0.25, -0.2) is 5.06 Å².